The topological polar surface area (TPSA) is 121 Å². The highest BCUT2D eigenvalue weighted by atomic mass is 16.3. The van der Waals surface area contributed by atoms with Crippen molar-refractivity contribution >= 4 is 21.5 Å². The third kappa shape index (κ3) is 5.35. The highest BCUT2D eigenvalue weighted by molar-refractivity contribution is 5.90. The molecule has 6 N–H and O–H groups in total. The number of aromatic hydroxyl groups is 6. The fourth-order valence-corrected chi connectivity index (χ4v) is 6.07. The lowest BCUT2D eigenvalue weighted by Gasteiger charge is -2.16. The van der Waals surface area contributed by atoms with Gasteiger partial charge in [-0.05, 0) is 112 Å². The first-order valence-electron chi connectivity index (χ1n) is 14.1. The van der Waals surface area contributed by atoms with Gasteiger partial charge >= 0.3 is 0 Å². The summed E-state index contributed by atoms with van der Waals surface area (Å²) in [5, 5.41) is 66.4. The van der Waals surface area contributed by atoms with E-state index in [9.17, 15) is 30.6 Å². The smallest absolute Gasteiger partial charge is 0.122 e. The molecule has 0 saturated heterocycles. The summed E-state index contributed by atoms with van der Waals surface area (Å²) >= 11 is 0. The molecule has 0 aliphatic rings. The molecular weight excluding hydrogens is 540 g/mol. The largest absolute Gasteiger partial charge is 0.508 e. The van der Waals surface area contributed by atoms with Gasteiger partial charge in [-0.1, -0.05) is 48.5 Å². The molecule has 0 radical (unpaired) electrons. The number of phenols is 6. The Morgan fingerprint density at radius 1 is 0.442 bits per heavy atom. The van der Waals surface area contributed by atoms with Gasteiger partial charge in [-0.15, -0.1) is 0 Å². The minimum atomic E-state index is 0.117. The van der Waals surface area contributed by atoms with Gasteiger partial charge in [0.15, 0.2) is 0 Å². The maximum atomic E-state index is 11.0. The van der Waals surface area contributed by atoms with Crippen molar-refractivity contribution in [3.8, 4) is 34.5 Å². The van der Waals surface area contributed by atoms with E-state index in [-0.39, 0.29) is 34.5 Å². The van der Waals surface area contributed by atoms with E-state index in [1.807, 2.05) is 38.1 Å². The second kappa shape index (κ2) is 10.8. The van der Waals surface area contributed by atoms with Crippen LogP contribution in [0.5, 0.6) is 34.5 Å². The third-order valence-corrected chi connectivity index (χ3v) is 8.20. The van der Waals surface area contributed by atoms with Gasteiger partial charge in [0.2, 0.25) is 0 Å². The summed E-state index contributed by atoms with van der Waals surface area (Å²) in [4.78, 5) is 0. The number of benzene rings is 6. The number of rotatable bonds is 6. The normalized spacial score (nSPS) is 11.4. The van der Waals surface area contributed by atoms with Crippen LogP contribution in [0.15, 0.2) is 84.9 Å². The molecule has 0 atom stereocenters. The van der Waals surface area contributed by atoms with Crippen LogP contribution < -0.4 is 0 Å². The van der Waals surface area contributed by atoms with Crippen LogP contribution in [0.3, 0.4) is 0 Å². The number of fused-ring (bicyclic) bond motifs is 2. The summed E-state index contributed by atoms with van der Waals surface area (Å²) < 4.78 is 0. The van der Waals surface area contributed by atoms with Gasteiger partial charge in [-0.3, -0.25) is 0 Å². The highest BCUT2D eigenvalue weighted by Gasteiger charge is 2.17. The van der Waals surface area contributed by atoms with E-state index in [2.05, 4.69) is 0 Å². The van der Waals surface area contributed by atoms with Crippen LogP contribution in [0.2, 0.25) is 0 Å². The summed E-state index contributed by atoms with van der Waals surface area (Å²) in [6.45, 7) is 3.69. The van der Waals surface area contributed by atoms with Gasteiger partial charge in [0.1, 0.15) is 34.5 Å². The summed E-state index contributed by atoms with van der Waals surface area (Å²) in [6, 6.07) is 24.4. The molecule has 0 amide bonds. The molecule has 216 valence electrons. The second-order valence-corrected chi connectivity index (χ2v) is 11.3. The molecule has 0 saturated carbocycles. The van der Waals surface area contributed by atoms with Gasteiger partial charge in [-0.25, -0.2) is 0 Å². The molecule has 6 rings (SSSR count). The molecule has 0 bridgehead atoms. The van der Waals surface area contributed by atoms with Crippen LogP contribution in [-0.4, -0.2) is 30.6 Å². The molecule has 6 aromatic rings. The lowest BCUT2D eigenvalue weighted by Crippen LogP contribution is -1.99. The van der Waals surface area contributed by atoms with E-state index in [4.69, 9.17) is 0 Å². The molecule has 6 nitrogen and oxygen atoms in total. The number of aryl methyl sites for hydroxylation is 2. The van der Waals surface area contributed by atoms with Crippen molar-refractivity contribution < 1.29 is 30.6 Å². The molecule has 6 aromatic carbocycles. The van der Waals surface area contributed by atoms with Crippen molar-refractivity contribution in [2.24, 2.45) is 0 Å². The van der Waals surface area contributed by atoms with E-state index in [1.54, 1.807) is 60.7 Å². The van der Waals surface area contributed by atoms with E-state index in [1.165, 1.54) is 0 Å². The second-order valence-electron chi connectivity index (χ2n) is 11.3. The van der Waals surface area contributed by atoms with Crippen molar-refractivity contribution in [3.05, 3.63) is 129 Å². The lowest BCUT2D eigenvalue weighted by molar-refractivity contribution is 0.460. The van der Waals surface area contributed by atoms with Crippen molar-refractivity contribution in [1.82, 2.24) is 0 Å². The molecular formula is C37H32O6. The fourth-order valence-electron chi connectivity index (χ4n) is 6.07. The molecule has 6 heteroatoms. The number of phenolic OH excluding ortho intramolecular Hbond substituents is 6. The predicted octanol–water partition coefficient (Wildman–Crippen LogP) is 7.62. The lowest BCUT2D eigenvalue weighted by atomic mass is 9.91. The average molecular weight is 573 g/mol. The van der Waals surface area contributed by atoms with Crippen molar-refractivity contribution in [2.45, 2.75) is 33.1 Å². The van der Waals surface area contributed by atoms with Crippen LogP contribution in [0, 0.1) is 13.8 Å². The minimum absolute atomic E-state index is 0.117. The zero-order chi connectivity index (χ0) is 30.4. The van der Waals surface area contributed by atoms with Gasteiger partial charge < -0.3 is 30.6 Å². The van der Waals surface area contributed by atoms with Crippen LogP contribution in [-0.2, 0) is 19.3 Å². The maximum Gasteiger partial charge on any atom is 0.122 e. The molecule has 0 fully saturated rings. The molecule has 0 heterocycles. The Morgan fingerprint density at radius 2 is 0.860 bits per heavy atom. The van der Waals surface area contributed by atoms with E-state index in [0.717, 1.165) is 32.7 Å². The zero-order valence-electron chi connectivity index (χ0n) is 23.9. The van der Waals surface area contributed by atoms with Crippen LogP contribution >= 0.6 is 0 Å². The van der Waals surface area contributed by atoms with Gasteiger partial charge in [-0.2, -0.15) is 0 Å². The first-order valence-corrected chi connectivity index (χ1v) is 14.1. The number of hydrogen-bond donors (Lipinski definition) is 6. The quantitative estimate of drug-likeness (QED) is 0.122. The summed E-state index contributed by atoms with van der Waals surface area (Å²) in [5.41, 5.74) is 6.01. The number of hydrogen-bond acceptors (Lipinski definition) is 6. The highest BCUT2D eigenvalue weighted by Crippen LogP contribution is 2.37. The van der Waals surface area contributed by atoms with Gasteiger partial charge in [0.05, 0.1) is 0 Å². The van der Waals surface area contributed by atoms with Crippen LogP contribution in [0.1, 0.15) is 44.5 Å². The molecule has 0 unspecified atom stereocenters. The van der Waals surface area contributed by atoms with E-state index < -0.39 is 0 Å². The van der Waals surface area contributed by atoms with Gasteiger partial charge in [0, 0.05) is 24.0 Å². The SMILES string of the molecule is Cc1cc(Cc2cc(C)c(O)c(Cc3c(O)ccc4cc(O)ccc34)c2)cc(Cc2c(O)ccc3cc(O)ccc23)c1O. The van der Waals surface area contributed by atoms with Crippen molar-refractivity contribution in [2.75, 3.05) is 0 Å². The fraction of sp³-hybridized carbons (Fsp3) is 0.135. The first kappa shape index (κ1) is 27.8. The summed E-state index contributed by atoms with van der Waals surface area (Å²) in [7, 11) is 0. The summed E-state index contributed by atoms with van der Waals surface area (Å²) in [6.07, 6.45) is 1.13. The zero-order valence-corrected chi connectivity index (χ0v) is 23.9. The Bertz CT molecular complexity index is 1900. The molecule has 43 heavy (non-hydrogen) atoms. The standard InChI is InChI=1S/C37H32O6/c1-20-11-22(14-26(36(20)42)18-32-30-7-5-28(38)16-24(30)3-9-34(32)40)13-23-12-21(2)37(43)27(15-23)19-33-31-8-6-29(39)17-25(31)4-10-35(33)41/h3-12,14-17,38-43H,13,18-19H2,1-2H3. The van der Waals surface area contributed by atoms with Crippen LogP contribution in [0.25, 0.3) is 21.5 Å². The van der Waals surface area contributed by atoms with E-state index >= 15 is 0 Å². The Balaban J connectivity index is 1.35. The van der Waals surface area contributed by atoms with Gasteiger partial charge in [0.25, 0.3) is 0 Å². The Kier molecular flexibility index (Phi) is 6.98. The van der Waals surface area contributed by atoms with E-state index in [0.29, 0.717) is 52.6 Å². The summed E-state index contributed by atoms with van der Waals surface area (Å²) in [5.74, 6) is 0.849. The maximum absolute atomic E-state index is 11.0. The van der Waals surface area contributed by atoms with Crippen molar-refractivity contribution in [1.29, 1.82) is 0 Å². The molecule has 0 aliphatic carbocycles. The minimum Gasteiger partial charge on any atom is -0.508 e. The van der Waals surface area contributed by atoms with Crippen LogP contribution in [0.4, 0.5) is 0 Å². The Labute approximate surface area is 249 Å². The Morgan fingerprint density at radius 3 is 1.28 bits per heavy atom. The average Bonchev–Trinajstić information content (AvgIpc) is 2.96. The third-order valence-electron chi connectivity index (χ3n) is 8.20. The molecule has 0 aromatic heterocycles. The predicted molar refractivity (Wildman–Crippen MR) is 169 cm³/mol. The van der Waals surface area contributed by atoms with Crippen molar-refractivity contribution in [3.63, 3.8) is 0 Å². The first-order chi connectivity index (χ1) is 20.6. The monoisotopic (exact) mass is 572 g/mol. The molecule has 0 aliphatic heterocycles. The Hall–Kier alpha value is -5.36. The molecule has 0 spiro atoms.